The zero-order valence-electron chi connectivity index (χ0n) is 22.9. The van der Waals surface area contributed by atoms with Gasteiger partial charge in [0.2, 0.25) is 17.6 Å². The summed E-state index contributed by atoms with van der Waals surface area (Å²) in [6, 6.07) is 12.6. The molecular weight excluding hydrogens is 514 g/mol. The van der Waals surface area contributed by atoms with Gasteiger partial charge < -0.3 is 29.4 Å². The molecule has 2 aromatic carbocycles. The summed E-state index contributed by atoms with van der Waals surface area (Å²) in [4.78, 5) is 32.6. The van der Waals surface area contributed by atoms with Gasteiger partial charge in [0.25, 0.3) is 5.91 Å². The molecule has 5 rings (SSSR count). The van der Waals surface area contributed by atoms with Crippen LogP contribution in [0.1, 0.15) is 41.9 Å². The van der Waals surface area contributed by atoms with Gasteiger partial charge in [-0.2, -0.15) is 4.98 Å². The first-order chi connectivity index (χ1) is 19.5. The molecule has 0 radical (unpaired) electrons. The van der Waals surface area contributed by atoms with Crippen LogP contribution >= 0.6 is 0 Å². The first-order valence-electron chi connectivity index (χ1n) is 13.6. The molecule has 1 atom stereocenters. The highest BCUT2D eigenvalue weighted by Crippen LogP contribution is 2.31. The Kier molecular flexibility index (Phi) is 8.92. The number of rotatable bonds is 10. The number of aromatic nitrogens is 2. The van der Waals surface area contributed by atoms with Crippen LogP contribution in [-0.4, -0.2) is 73.4 Å². The average molecular weight is 550 g/mol. The second-order valence-corrected chi connectivity index (χ2v) is 10.0. The monoisotopic (exact) mass is 549 g/mol. The summed E-state index contributed by atoms with van der Waals surface area (Å²) < 4.78 is 21.7. The number of ether oxygens (including phenoxy) is 3. The van der Waals surface area contributed by atoms with Gasteiger partial charge in [0.05, 0.1) is 38.1 Å². The third kappa shape index (κ3) is 6.60. The van der Waals surface area contributed by atoms with E-state index < -0.39 is 0 Å². The Morgan fingerprint density at radius 2 is 1.85 bits per heavy atom. The molecule has 2 aliphatic rings. The third-order valence-corrected chi connectivity index (χ3v) is 7.37. The summed E-state index contributed by atoms with van der Waals surface area (Å²) in [5.41, 5.74) is 1.74. The van der Waals surface area contributed by atoms with Crippen LogP contribution in [0.5, 0.6) is 11.5 Å². The number of benzene rings is 2. The Balaban J connectivity index is 1.12. The maximum Gasteiger partial charge on any atom is 0.253 e. The quantitative estimate of drug-likeness (QED) is 0.390. The standard InChI is InChI=1S/C29H35N5O6/c1-37-24-10-9-20(16-25(24)38-2)27-32-26(40-33-27)18-34-13-11-19(12-14-34)28(35)31-23-8-4-3-7-22(23)29(36)30-17-21-6-5-15-39-21/h3-4,7-10,16,19,21H,5-6,11-15,17-18H2,1-2H3,(H,30,36)(H,31,35). The molecule has 2 fully saturated rings. The molecule has 0 aliphatic carbocycles. The summed E-state index contributed by atoms with van der Waals surface area (Å²) in [6.07, 6.45) is 3.40. The number of likely N-dealkylation sites (tertiary alicyclic amines) is 1. The lowest BCUT2D eigenvalue weighted by atomic mass is 9.95. The molecule has 2 amide bonds. The van der Waals surface area contributed by atoms with Gasteiger partial charge in [0, 0.05) is 24.6 Å². The van der Waals surface area contributed by atoms with Gasteiger partial charge in [0.1, 0.15) is 0 Å². The number of nitrogens with zero attached hydrogens (tertiary/aromatic N) is 3. The average Bonchev–Trinajstić information content (AvgIpc) is 3.69. The molecule has 40 heavy (non-hydrogen) atoms. The molecule has 1 unspecified atom stereocenters. The number of hydrogen-bond donors (Lipinski definition) is 2. The predicted molar refractivity (Wildman–Crippen MR) is 147 cm³/mol. The van der Waals surface area contributed by atoms with Crippen LogP contribution in [0, 0.1) is 5.92 Å². The molecule has 0 spiro atoms. The Hall–Kier alpha value is -3.96. The van der Waals surface area contributed by atoms with E-state index in [0.717, 1.165) is 38.1 Å². The van der Waals surface area contributed by atoms with Crippen molar-refractivity contribution in [2.24, 2.45) is 5.92 Å². The maximum absolute atomic E-state index is 13.1. The van der Waals surface area contributed by atoms with Crippen molar-refractivity contribution < 1.29 is 28.3 Å². The van der Waals surface area contributed by atoms with Crippen molar-refractivity contribution in [3.63, 3.8) is 0 Å². The van der Waals surface area contributed by atoms with Crippen molar-refractivity contribution in [2.75, 3.05) is 45.8 Å². The van der Waals surface area contributed by atoms with Crippen molar-refractivity contribution >= 4 is 17.5 Å². The summed E-state index contributed by atoms with van der Waals surface area (Å²) in [6.45, 7) is 3.14. The lowest BCUT2D eigenvalue weighted by Crippen LogP contribution is -2.38. The van der Waals surface area contributed by atoms with E-state index in [-0.39, 0.29) is 23.8 Å². The van der Waals surface area contributed by atoms with Gasteiger partial charge in [-0.1, -0.05) is 17.3 Å². The molecule has 2 N–H and O–H groups in total. The van der Waals surface area contributed by atoms with Crippen LogP contribution in [-0.2, 0) is 16.1 Å². The van der Waals surface area contributed by atoms with Crippen molar-refractivity contribution in [3.05, 3.63) is 53.9 Å². The molecule has 212 valence electrons. The number of hydrogen-bond acceptors (Lipinski definition) is 9. The van der Waals surface area contributed by atoms with Gasteiger partial charge in [-0.05, 0) is 69.1 Å². The van der Waals surface area contributed by atoms with Crippen molar-refractivity contribution in [2.45, 2.75) is 38.3 Å². The SMILES string of the molecule is COc1ccc(-c2noc(CN3CCC(C(=O)Nc4ccccc4C(=O)NCC4CCCO4)CC3)n2)cc1OC. The topological polar surface area (TPSA) is 128 Å². The molecule has 1 aromatic heterocycles. The fraction of sp³-hybridized carbons (Fsp3) is 0.448. The van der Waals surface area contributed by atoms with E-state index in [1.807, 2.05) is 18.2 Å². The number of nitrogens with one attached hydrogen (secondary N) is 2. The van der Waals surface area contributed by atoms with Crippen LogP contribution in [0.15, 0.2) is 47.0 Å². The maximum atomic E-state index is 13.1. The van der Waals surface area contributed by atoms with E-state index in [1.54, 1.807) is 38.5 Å². The van der Waals surface area contributed by atoms with Crippen LogP contribution in [0.4, 0.5) is 5.69 Å². The summed E-state index contributed by atoms with van der Waals surface area (Å²) in [7, 11) is 3.17. The van der Waals surface area contributed by atoms with Gasteiger partial charge >= 0.3 is 0 Å². The minimum Gasteiger partial charge on any atom is -0.493 e. The molecule has 3 heterocycles. The zero-order chi connectivity index (χ0) is 27.9. The number of amides is 2. The van der Waals surface area contributed by atoms with E-state index in [9.17, 15) is 9.59 Å². The van der Waals surface area contributed by atoms with Crippen LogP contribution in [0.25, 0.3) is 11.4 Å². The van der Waals surface area contributed by atoms with E-state index in [0.29, 0.717) is 60.4 Å². The molecule has 11 heteroatoms. The lowest BCUT2D eigenvalue weighted by Gasteiger charge is -2.30. The largest absolute Gasteiger partial charge is 0.493 e. The van der Waals surface area contributed by atoms with Gasteiger partial charge in [-0.15, -0.1) is 0 Å². The second-order valence-electron chi connectivity index (χ2n) is 10.0. The van der Waals surface area contributed by atoms with Crippen molar-refractivity contribution in [1.82, 2.24) is 20.4 Å². The van der Waals surface area contributed by atoms with E-state index >= 15 is 0 Å². The van der Waals surface area contributed by atoms with Gasteiger partial charge in [-0.3, -0.25) is 14.5 Å². The smallest absolute Gasteiger partial charge is 0.253 e. The summed E-state index contributed by atoms with van der Waals surface area (Å²) >= 11 is 0. The Morgan fingerprint density at radius 3 is 2.60 bits per heavy atom. The first-order valence-corrected chi connectivity index (χ1v) is 13.6. The molecule has 2 aliphatic heterocycles. The minimum absolute atomic E-state index is 0.0561. The highest BCUT2D eigenvalue weighted by atomic mass is 16.5. The number of piperidine rings is 1. The van der Waals surface area contributed by atoms with Gasteiger partial charge in [0.15, 0.2) is 11.5 Å². The van der Waals surface area contributed by atoms with Crippen LogP contribution < -0.4 is 20.1 Å². The first kappa shape index (κ1) is 27.6. The Morgan fingerprint density at radius 1 is 1.05 bits per heavy atom. The fourth-order valence-corrected chi connectivity index (χ4v) is 5.09. The number of carbonyl (C=O) groups is 2. The van der Waals surface area contributed by atoms with Crippen molar-refractivity contribution in [3.8, 4) is 22.9 Å². The fourth-order valence-electron chi connectivity index (χ4n) is 5.09. The molecular formula is C29H35N5O6. The Bertz CT molecular complexity index is 1310. The summed E-state index contributed by atoms with van der Waals surface area (Å²) in [5, 5.41) is 10.0. The lowest BCUT2D eigenvalue weighted by molar-refractivity contribution is -0.121. The Labute approximate surface area is 233 Å². The number of methoxy groups -OCH3 is 2. The highest BCUT2D eigenvalue weighted by Gasteiger charge is 2.27. The van der Waals surface area contributed by atoms with E-state index in [2.05, 4.69) is 25.7 Å². The van der Waals surface area contributed by atoms with Crippen LogP contribution in [0.2, 0.25) is 0 Å². The third-order valence-electron chi connectivity index (χ3n) is 7.37. The van der Waals surface area contributed by atoms with E-state index in [1.165, 1.54) is 0 Å². The molecule has 3 aromatic rings. The molecule has 0 bridgehead atoms. The number of carbonyl (C=O) groups excluding carboxylic acids is 2. The van der Waals surface area contributed by atoms with Crippen molar-refractivity contribution in [1.29, 1.82) is 0 Å². The summed E-state index contributed by atoms with van der Waals surface area (Å²) in [5.74, 6) is 1.76. The number of anilines is 1. The molecule has 2 saturated heterocycles. The predicted octanol–water partition coefficient (Wildman–Crippen LogP) is 3.51. The van der Waals surface area contributed by atoms with Crippen LogP contribution in [0.3, 0.4) is 0 Å². The van der Waals surface area contributed by atoms with Gasteiger partial charge in [-0.25, -0.2) is 0 Å². The second kappa shape index (κ2) is 12.9. The molecule has 11 nitrogen and oxygen atoms in total. The number of para-hydroxylation sites is 1. The normalized spacial score (nSPS) is 17.9. The highest BCUT2D eigenvalue weighted by molar-refractivity contribution is 6.04. The molecule has 0 saturated carbocycles. The minimum atomic E-state index is -0.215. The zero-order valence-corrected chi connectivity index (χ0v) is 22.9. The van der Waals surface area contributed by atoms with E-state index in [4.69, 9.17) is 18.7 Å².